The zero-order chi connectivity index (χ0) is 26.4. The molecule has 4 rings (SSSR count). The molecule has 2 atom stereocenters. The molecule has 0 bridgehead atoms. The molecule has 7 heteroatoms. The van der Waals surface area contributed by atoms with Crippen LogP contribution in [0, 0.1) is 12.8 Å². The van der Waals surface area contributed by atoms with E-state index in [9.17, 15) is 14.4 Å². The Labute approximate surface area is 217 Å². The molecular formula is C30H32N2O5. The van der Waals surface area contributed by atoms with Gasteiger partial charge < -0.3 is 19.7 Å². The normalized spacial score (nSPS) is 17.3. The van der Waals surface area contributed by atoms with E-state index in [1.165, 1.54) is 0 Å². The summed E-state index contributed by atoms with van der Waals surface area (Å²) < 4.78 is 11.1. The van der Waals surface area contributed by atoms with Gasteiger partial charge >= 0.3 is 5.97 Å². The highest BCUT2D eigenvalue weighted by Crippen LogP contribution is 2.43. The maximum absolute atomic E-state index is 13.4. The van der Waals surface area contributed by atoms with Crippen LogP contribution in [0.5, 0.6) is 5.75 Å². The van der Waals surface area contributed by atoms with Crippen molar-refractivity contribution in [3.8, 4) is 5.75 Å². The third-order valence-corrected chi connectivity index (χ3v) is 6.66. The summed E-state index contributed by atoms with van der Waals surface area (Å²) >= 11 is 0. The third kappa shape index (κ3) is 6.00. The van der Waals surface area contributed by atoms with E-state index in [1.807, 2.05) is 73.7 Å². The predicted molar refractivity (Wildman–Crippen MR) is 143 cm³/mol. The van der Waals surface area contributed by atoms with Crippen LogP contribution in [0.3, 0.4) is 0 Å². The van der Waals surface area contributed by atoms with E-state index in [0.29, 0.717) is 29.1 Å². The van der Waals surface area contributed by atoms with Crippen molar-refractivity contribution in [1.29, 1.82) is 0 Å². The van der Waals surface area contributed by atoms with Gasteiger partial charge in [-0.05, 0) is 55.7 Å². The second-order valence-corrected chi connectivity index (χ2v) is 9.14. The molecule has 2 amide bonds. The standard InChI is InChI=1S/C30H32N2O5/c1-4-21-11-13-22(14-12-21)31-27(33)19-37-30(35)25-17-18-28(34)32(23-15-9-20(2)10-16-23)29(25)24-7-5-6-8-26(24)36-3/h5-16,25,29H,4,17-19H2,1-3H3,(H,31,33). The number of nitrogens with zero attached hydrogens (tertiary/aromatic N) is 1. The van der Waals surface area contributed by atoms with Crippen LogP contribution < -0.4 is 15.0 Å². The molecule has 0 saturated carbocycles. The molecule has 1 aliphatic heterocycles. The van der Waals surface area contributed by atoms with Crippen molar-refractivity contribution in [2.75, 3.05) is 23.9 Å². The number of aryl methyl sites for hydroxylation is 2. The van der Waals surface area contributed by atoms with Crippen LogP contribution >= 0.6 is 0 Å². The molecule has 0 spiro atoms. The molecule has 7 nitrogen and oxygen atoms in total. The fourth-order valence-corrected chi connectivity index (χ4v) is 4.68. The minimum atomic E-state index is -0.674. The van der Waals surface area contributed by atoms with Crippen LogP contribution in [0.2, 0.25) is 0 Å². The molecule has 0 radical (unpaired) electrons. The highest BCUT2D eigenvalue weighted by molar-refractivity contribution is 5.97. The quantitative estimate of drug-likeness (QED) is 0.428. The molecule has 1 N–H and O–H groups in total. The molecule has 1 aliphatic rings. The topological polar surface area (TPSA) is 84.9 Å². The molecule has 192 valence electrons. The van der Waals surface area contributed by atoms with E-state index < -0.39 is 30.4 Å². The van der Waals surface area contributed by atoms with Gasteiger partial charge in [-0.15, -0.1) is 0 Å². The summed E-state index contributed by atoms with van der Waals surface area (Å²) in [4.78, 5) is 40.8. The van der Waals surface area contributed by atoms with Crippen molar-refractivity contribution < 1.29 is 23.9 Å². The van der Waals surface area contributed by atoms with Crippen LogP contribution in [-0.4, -0.2) is 31.5 Å². The number of nitrogens with one attached hydrogen (secondary N) is 1. The first kappa shape index (κ1) is 25.9. The Hall–Kier alpha value is -4.13. The van der Waals surface area contributed by atoms with E-state index in [0.717, 1.165) is 17.5 Å². The number of carbonyl (C=O) groups is 3. The number of benzene rings is 3. The summed E-state index contributed by atoms with van der Waals surface area (Å²) in [6.07, 6.45) is 1.40. The van der Waals surface area contributed by atoms with Crippen molar-refractivity contribution >= 4 is 29.2 Å². The first-order valence-electron chi connectivity index (χ1n) is 12.5. The van der Waals surface area contributed by atoms with Crippen LogP contribution in [0.25, 0.3) is 0 Å². The number of anilines is 2. The van der Waals surface area contributed by atoms with Gasteiger partial charge in [0, 0.05) is 23.4 Å². The Morgan fingerprint density at radius 2 is 1.70 bits per heavy atom. The fourth-order valence-electron chi connectivity index (χ4n) is 4.68. The lowest BCUT2D eigenvalue weighted by molar-refractivity contribution is -0.153. The van der Waals surface area contributed by atoms with Crippen molar-refractivity contribution in [3.05, 3.63) is 89.5 Å². The second kappa shape index (κ2) is 11.7. The summed E-state index contributed by atoms with van der Waals surface area (Å²) in [5.41, 5.74) is 4.27. The highest BCUT2D eigenvalue weighted by atomic mass is 16.5. The molecular weight excluding hydrogens is 468 g/mol. The second-order valence-electron chi connectivity index (χ2n) is 9.14. The number of para-hydroxylation sites is 1. The Bertz CT molecular complexity index is 1250. The summed E-state index contributed by atoms with van der Waals surface area (Å²) in [7, 11) is 1.56. The first-order valence-corrected chi connectivity index (χ1v) is 12.5. The maximum atomic E-state index is 13.4. The molecule has 0 aromatic heterocycles. The van der Waals surface area contributed by atoms with E-state index >= 15 is 0 Å². The lowest BCUT2D eigenvalue weighted by Gasteiger charge is -2.40. The lowest BCUT2D eigenvalue weighted by atomic mass is 9.83. The first-order chi connectivity index (χ1) is 17.9. The van der Waals surface area contributed by atoms with E-state index in [2.05, 4.69) is 12.2 Å². The van der Waals surface area contributed by atoms with Gasteiger partial charge in [0.15, 0.2) is 6.61 Å². The number of rotatable bonds is 8. The maximum Gasteiger partial charge on any atom is 0.311 e. The molecule has 0 aliphatic carbocycles. The Morgan fingerprint density at radius 1 is 1.00 bits per heavy atom. The van der Waals surface area contributed by atoms with Gasteiger partial charge in [0.05, 0.1) is 19.1 Å². The van der Waals surface area contributed by atoms with E-state index in [-0.39, 0.29) is 12.3 Å². The number of amides is 2. The smallest absolute Gasteiger partial charge is 0.311 e. The number of hydrogen-bond acceptors (Lipinski definition) is 5. The minimum Gasteiger partial charge on any atom is -0.496 e. The SMILES string of the molecule is CCc1ccc(NC(=O)COC(=O)C2CCC(=O)N(c3ccc(C)cc3)C2c2ccccc2OC)cc1. The van der Waals surface area contributed by atoms with Gasteiger partial charge in [-0.1, -0.05) is 55.0 Å². The van der Waals surface area contributed by atoms with Crippen molar-refractivity contribution in [3.63, 3.8) is 0 Å². The third-order valence-electron chi connectivity index (χ3n) is 6.66. The summed E-state index contributed by atoms with van der Waals surface area (Å²) in [5.74, 6) is -1.14. The monoisotopic (exact) mass is 500 g/mol. The average Bonchev–Trinajstić information content (AvgIpc) is 2.92. The number of methoxy groups -OCH3 is 1. The zero-order valence-electron chi connectivity index (χ0n) is 21.4. The van der Waals surface area contributed by atoms with E-state index in [4.69, 9.17) is 9.47 Å². The van der Waals surface area contributed by atoms with Gasteiger partial charge in [-0.2, -0.15) is 0 Å². The lowest BCUT2D eigenvalue weighted by Crippen LogP contribution is -2.46. The number of piperidine rings is 1. The predicted octanol–water partition coefficient (Wildman–Crippen LogP) is 5.23. The van der Waals surface area contributed by atoms with Crippen LogP contribution in [-0.2, 0) is 25.5 Å². The molecule has 2 unspecified atom stereocenters. The van der Waals surface area contributed by atoms with Crippen molar-refractivity contribution in [2.24, 2.45) is 5.92 Å². The van der Waals surface area contributed by atoms with Gasteiger partial charge in [0.1, 0.15) is 5.75 Å². The highest BCUT2D eigenvalue weighted by Gasteiger charge is 2.43. The Balaban J connectivity index is 1.57. The van der Waals surface area contributed by atoms with Gasteiger partial charge in [0.25, 0.3) is 5.91 Å². The van der Waals surface area contributed by atoms with Crippen LogP contribution in [0.4, 0.5) is 11.4 Å². The molecule has 1 fully saturated rings. The minimum absolute atomic E-state index is 0.0860. The molecule has 3 aromatic rings. The Kier molecular flexibility index (Phi) is 8.23. The number of hydrogen-bond donors (Lipinski definition) is 1. The number of ether oxygens (including phenoxy) is 2. The van der Waals surface area contributed by atoms with Crippen molar-refractivity contribution in [1.82, 2.24) is 0 Å². The van der Waals surface area contributed by atoms with Gasteiger partial charge in [0.2, 0.25) is 5.91 Å². The Morgan fingerprint density at radius 3 is 2.38 bits per heavy atom. The molecule has 3 aromatic carbocycles. The fraction of sp³-hybridized carbons (Fsp3) is 0.300. The molecule has 1 saturated heterocycles. The van der Waals surface area contributed by atoms with E-state index in [1.54, 1.807) is 18.1 Å². The summed E-state index contributed by atoms with van der Waals surface area (Å²) in [6.45, 7) is 3.62. The molecule has 1 heterocycles. The van der Waals surface area contributed by atoms with Gasteiger partial charge in [-0.25, -0.2) is 0 Å². The summed E-state index contributed by atoms with van der Waals surface area (Å²) in [5, 5.41) is 2.76. The van der Waals surface area contributed by atoms with Crippen molar-refractivity contribution in [2.45, 2.75) is 39.2 Å². The summed E-state index contributed by atoms with van der Waals surface area (Å²) in [6, 6.07) is 21.9. The molecule has 37 heavy (non-hydrogen) atoms. The average molecular weight is 501 g/mol. The van der Waals surface area contributed by atoms with Gasteiger partial charge in [-0.3, -0.25) is 14.4 Å². The largest absolute Gasteiger partial charge is 0.496 e. The van der Waals surface area contributed by atoms with Crippen LogP contribution in [0.1, 0.15) is 42.5 Å². The van der Waals surface area contributed by atoms with Crippen LogP contribution in [0.15, 0.2) is 72.8 Å². The number of esters is 1. The number of carbonyl (C=O) groups excluding carboxylic acids is 3. The zero-order valence-corrected chi connectivity index (χ0v) is 21.4.